The smallest absolute Gasteiger partial charge is 0.256 e. The van der Waals surface area contributed by atoms with E-state index >= 15 is 0 Å². The minimum atomic E-state index is -0.637. The molecule has 7 nitrogen and oxygen atoms in total. The second-order valence-electron chi connectivity index (χ2n) is 3.13. The van der Waals surface area contributed by atoms with Gasteiger partial charge in [0.1, 0.15) is 0 Å². The molecule has 1 aromatic rings. The summed E-state index contributed by atoms with van der Waals surface area (Å²) in [6.07, 6.45) is 3.38. The first-order valence-corrected chi connectivity index (χ1v) is 4.61. The molecule has 86 valence electrons. The Labute approximate surface area is 92.9 Å². The van der Waals surface area contributed by atoms with E-state index in [1.165, 1.54) is 7.05 Å². The number of hydrogen-bond donors (Lipinski definition) is 1. The van der Waals surface area contributed by atoms with Crippen molar-refractivity contribution in [3.8, 4) is 0 Å². The third kappa shape index (κ3) is 3.52. The van der Waals surface area contributed by atoms with E-state index in [2.05, 4.69) is 9.98 Å². The van der Waals surface area contributed by atoms with Crippen LogP contribution in [0.4, 0.5) is 0 Å². The second kappa shape index (κ2) is 5.64. The number of guanidine groups is 1. The third-order valence-corrected chi connectivity index (χ3v) is 1.91. The van der Waals surface area contributed by atoms with Gasteiger partial charge in [-0.2, -0.15) is 0 Å². The Balaban J connectivity index is 2.64. The van der Waals surface area contributed by atoms with E-state index in [1.54, 1.807) is 24.3 Å². The number of nitro groups is 1. The van der Waals surface area contributed by atoms with Crippen molar-refractivity contribution < 1.29 is 5.03 Å². The summed E-state index contributed by atoms with van der Waals surface area (Å²) in [7, 11) is 3.21. The molecule has 0 aliphatic rings. The lowest BCUT2D eigenvalue weighted by molar-refractivity contribution is -0.526. The van der Waals surface area contributed by atoms with Gasteiger partial charge in [0, 0.05) is 33.0 Å². The van der Waals surface area contributed by atoms with Gasteiger partial charge < -0.3 is 4.90 Å². The zero-order valence-corrected chi connectivity index (χ0v) is 9.12. The predicted molar refractivity (Wildman–Crippen MR) is 59.2 cm³/mol. The quantitative estimate of drug-likeness (QED) is 0.344. The number of hydrazine groups is 1. The van der Waals surface area contributed by atoms with Crippen LogP contribution >= 0.6 is 0 Å². The molecule has 0 bridgehead atoms. The molecule has 0 saturated heterocycles. The summed E-state index contributed by atoms with van der Waals surface area (Å²) >= 11 is 0. The van der Waals surface area contributed by atoms with Crippen LogP contribution in [0.3, 0.4) is 0 Å². The Hall–Kier alpha value is -2.18. The SMILES string of the molecule is CN=C(N[N+](=O)[O-])N(C)Cc1cccnc1. The van der Waals surface area contributed by atoms with Crippen molar-refractivity contribution in [2.75, 3.05) is 14.1 Å². The van der Waals surface area contributed by atoms with Gasteiger partial charge in [0.2, 0.25) is 0 Å². The largest absolute Gasteiger partial charge is 0.337 e. The van der Waals surface area contributed by atoms with E-state index in [0.717, 1.165) is 5.56 Å². The maximum atomic E-state index is 10.3. The standard InChI is InChI=1S/C9H13N5O2/c1-10-9(12-14(15)16)13(2)7-8-4-3-5-11-6-8/h3-6H,7H2,1-2H3,(H,10,12). The van der Waals surface area contributed by atoms with Crippen LogP contribution in [0, 0.1) is 10.1 Å². The minimum Gasteiger partial charge on any atom is -0.337 e. The molecule has 0 atom stereocenters. The number of aromatic nitrogens is 1. The molecule has 0 spiro atoms. The van der Waals surface area contributed by atoms with Crippen molar-refractivity contribution in [2.45, 2.75) is 6.54 Å². The Morgan fingerprint density at radius 3 is 3.00 bits per heavy atom. The molecule has 0 aliphatic heterocycles. The summed E-state index contributed by atoms with van der Waals surface area (Å²) in [4.78, 5) is 19.7. The van der Waals surface area contributed by atoms with Crippen molar-refractivity contribution in [1.29, 1.82) is 0 Å². The molecule has 0 saturated carbocycles. The van der Waals surface area contributed by atoms with Gasteiger partial charge in [0.25, 0.3) is 5.96 Å². The topological polar surface area (TPSA) is 83.7 Å². The molecule has 7 heteroatoms. The van der Waals surface area contributed by atoms with Gasteiger partial charge in [0.15, 0.2) is 5.03 Å². The van der Waals surface area contributed by atoms with Crippen molar-refractivity contribution in [2.24, 2.45) is 4.99 Å². The van der Waals surface area contributed by atoms with Gasteiger partial charge in [-0.1, -0.05) is 11.5 Å². The normalized spacial score (nSPS) is 11.0. The average Bonchev–Trinajstić information content (AvgIpc) is 2.26. The van der Waals surface area contributed by atoms with Crippen molar-refractivity contribution in [1.82, 2.24) is 15.3 Å². The Morgan fingerprint density at radius 2 is 2.50 bits per heavy atom. The predicted octanol–water partition coefficient (Wildman–Crippen LogP) is 0.280. The number of hydrogen-bond acceptors (Lipinski definition) is 4. The maximum Gasteiger partial charge on any atom is 0.256 e. The molecule has 1 N–H and O–H groups in total. The molecule has 0 aliphatic carbocycles. The summed E-state index contributed by atoms with van der Waals surface area (Å²) in [6, 6.07) is 3.70. The summed E-state index contributed by atoms with van der Waals surface area (Å²) < 4.78 is 0. The van der Waals surface area contributed by atoms with E-state index in [4.69, 9.17) is 0 Å². The van der Waals surface area contributed by atoms with Crippen LogP contribution in [0.15, 0.2) is 29.5 Å². The van der Waals surface area contributed by atoms with Crippen molar-refractivity contribution in [3.63, 3.8) is 0 Å². The molecule has 0 unspecified atom stereocenters. The fourth-order valence-corrected chi connectivity index (χ4v) is 1.23. The average molecular weight is 223 g/mol. The number of nitrogens with zero attached hydrogens (tertiary/aromatic N) is 4. The molecular formula is C9H13N5O2. The Bertz CT molecular complexity index is 379. The van der Waals surface area contributed by atoms with Crippen molar-refractivity contribution in [3.05, 3.63) is 40.2 Å². The van der Waals surface area contributed by atoms with Crippen LogP contribution in [0.1, 0.15) is 5.56 Å². The minimum absolute atomic E-state index is 0.203. The maximum absolute atomic E-state index is 10.3. The molecule has 0 amide bonds. The fourth-order valence-electron chi connectivity index (χ4n) is 1.23. The zero-order chi connectivity index (χ0) is 12.0. The van der Waals surface area contributed by atoms with E-state index in [1.807, 2.05) is 17.6 Å². The molecule has 1 aromatic heterocycles. The molecule has 1 heterocycles. The molecule has 1 rings (SSSR count). The van der Waals surface area contributed by atoms with Gasteiger partial charge in [-0.25, -0.2) is 10.1 Å². The number of aliphatic imine (C=N–C) groups is 1. The summed E-state index contributed by atoms with van der Waals surface area (Å²) in [5.41, 5.74) is 2.98. The van der Waals surface area contributed by atoms with Crippen LogP contribution in [0.25, 0.3) is 0 Å². The first-order valence-electron chi connectivity index (χ1n) is 4.61. The van der Waals surface area contributed by atoms with Crippen LogP contribution < -0.4 is 5.43 Å². The summed E-state index contributed by atoms with van der Waals surface area (Å²) in [5.74, 6) is 0.203. The second-order valence-corrected chi connectivity index (χ2v) is 3.13. The number of rotatable bonds is 3. The molecule has 0 radical (unpaired) electrons. The Kier molecular flexibility index (Phi) is 4.19. The highest BCUT2D eigenvalue weighted by molar-refractivity contribution is 5.78. The highest BCUT2D eigenvalue weighted by Gasteiger charge is 2.10. The van der Waals surface area contributed by atoms with E-state index < -0.39 is 5.03 Å². The lowest BCUT2D eigenvalue weighted by Gasteiger charge is -2.17. The number of pyridine rings is 1. The summed E-state index contributed by atoms with van der Waals surface area (Å²) in [6.45, 7) is 0.501. The number of nitrogens with one attached hydrogen (secondary N) is 1. The first kappa shape index (κ1) is 11.9. The molecule has 16 heavy (non-hydrogen) atoms. The van der Waals surface area contributed by atoms with E-state index in [9.17, 15) is 10.1 Å². The van der Waals surface area contributed by atoms with Gasteiger partial charge in [-0.05, 0) is 11.6 Å². The highest BCUT2D eigenvalue weighted by Crippen LogP contribution is 2.00. The van der Waals surface area contributed by atoms with Gasteiger partial charge >= 0.3 is 0 Å². The lowest BCUT2D eigenvalue weighted by atomic mass is 10.3. The third-order valence-electron chi connectivity index (χ3n) is 1.91. The van der Waals surface area contributed by atoms with Gasteiger partial charge in [0.05, 0.1) is 0 Å². The van der Waals surface area contributed by atoms with E-state index in [-0.39, 0.29) is 5.96 Å². The first-order chi connectivity index (χ1) is 7.63. The highest BCUT2D eigenvalue weighted by atomic mass is 16.7. The molecule has 0 aromatic carbocycles. The van der Waals surface area contributed by atoms with Crippen LogP contribution in [0.5, 0.6) is 0 Å². The molecule has 0 fully saturated rings. The van der Waals surface area contributed by atoms with Crippen LogP contribution in [-0.4, -0.2) is 35.0 Å². The lowest BCUT2D eigenvalue weighted by Crippen LogP contribution is -2.41. The monoisotopic (exact) mass is 223 g/mol. The van der Waals surface area contributed by atoms with E-state index in [0.29, 0.717) is 6.54 Å². The van der Waals surface area contributed by atoms with Gasteiger partial charge in [-0.3, -0.25) is 9.98 Å². The fraction of sp³-hybridized carbons (Fsp3) is 0.333. The summed E-state index contributed by atoms with van der Waals surface area (Å²) in [5, 5.41) is 9.66. The Morgan fingerprint density at radius 1 is 1.75 bits per heavy atom. The van der Waals surface area contributed by atoms with Crippen LogP contribution in [0.2, 0.25) is 0 Å². The molecular weight excluding hydrogens is 210 g/mol. The zero-order valence-electron chi connectivity index (χ0n) is 9.12. The van der Waals surface area contributed by atoms with Gasteiger partial charge in [-0.15, -0.1) is 0 Å². The van der Waals surface area contributed by atoms with Crippen LogP contribution in [-0.2, 0) is 6.54 Å². The van der Waals surface area contributed by atoms with Crippen molar-refractivity contribution >= 4 is 5.96 Å².